The number of rotatable bonds is 3. The number of nitrogens with one attached hydrogen (secondary N) is 2. The third kappa shape index (κ3) is 4.03. The van der Waals surface area contributed by atoms with Crippen molar-refractivity contribution in [1.82, 2.24) is 10.6 Å². The van der Waals surface area contributed by atoms with Crippen LogP contribution in [0.2, 0.25) is 0 Å². The molecule has 212 valence electrons. The molecule has 10 heteroatoms. The SMILES string of the molecule is Cc1ccc(C(NC(=O)[C@H]2CCC3C4CC=C5NC(=O)C=C[C@]5(C)C4CC[C@@]32C)(C(F)(F)F)C(F)(F)F)cc1. The third-order valence-electron chi connectivity index (χ3n) is 10.2. The lowest BCUT2D eigenvalue weighted by atomic mass is 9.50. The Labute approximate surface area is 223 Å². The van der Waals surface area contributed by atoms with Gasteiger partial charge in [-0.2, -0.15) is 26.3 Å². The molecular formula is C29H32F6N2O2. The van der Waals surface area contributed by atoms with E-state index >= 15 is 0 Å². The van der Waals surface area contributed by atoms with Crippen LogP contribution in [0, 0.1) is 41.4 Å². The van der Waals surface area contributed by atoms with Crippen molar-refractivity contribution in [2.75, 3.05) is 0 Å². The molecule has 0 bridgehead atoms. The summed E-state index contributed by atoms with van der Waals surface area (Å²) in [6.45, 7) is 5.46. The average molecular weight is 555 g/mol. The van der Waals surface area contributed by atoms with Crippen LogP contribution >= 0.6 is 0 Å². The predicted molar refractivity (Wildman–Crippen MR) is 132 cm³/mol. The molecular weight excluding hydrogens is 522 g/mol. The Balaban J connectivity index is 1.47. The molecule has 3 unspecified atom stereocenters. The molecule has 4 nitrogen and oxygen atoms in total. The van der Waals surface area contributed by atoms with Crippen LogP contribution in [0.15, 0.2) is 48.2 Å². The summed E-state index contributed by atoms with van der Waals surface area (Å²) in [6, 6.07) is 3.92. The van der Waals surface area contributed by atoms with E-state index in [2.05, 4.69) is 12.2 Å². The van der Waals surface area contributed by atoms with Crippen molar-refractivity contribution in [1.29, 1.82) is 0 Å². The highest BCUT2D eigenvalue weighted by Gasteiger charge is 2.73. The molecule has 0 radical (unpaired) electrons. The number of benzene rings is 1. The second-order valence-electron chi connectivity index (χ2n) is 12.1. The van der Waals surface area contributed by atoms with E-state index in [0.29, 0.717) is 31.2 Å². The Morgan fingerprint density at radius 1 is 0.974 bits per heavy atom. The molecule has 0 spiro atoms. The lowest BCUT2D eigenvalue weighted by molar-refractivity contribution is -0.312. The van der Waals surface area contributed by atoms with Gasteiger partial charge in [-0.05, 0) is 67.8 Å². The van der Waals surface area contributed by atoms with Crippen molar-refractivity contribution in [3.63, 3.8) is 0 Å². The predicted octanol–water partition coefficient (Wildman–Crippen LogP) is 6.47. The van der Waals surface area contributed by atoms with Gasteiger partial charge >= 0.3 is 12.4 Å². The highest BCUT2D eigenvalue weighted by molar-refractivity contribution is 5.90. The maximum atomic E-state index is 14.4. The number of fused-ring (bicyclic) bond motifs is 5. The maximum Gasteiger partial charge on any atom is 0.424 e. The summed E-state index contributed by atoms with van der Waals surface area (Å²) < 4.78 is 86.4. The smallest absolute Gasteiger partial charge is 0.331 e. The van der Waals surface area contributed by atoms with Crippen LogP contribution in [0.4, 0.5) is 26.3 Å². The first kappa shape index (κ1) is 27.8. The van der Waals surface area contributed by atoms with E-state index in [1.807, 2.05) is 19.1 Å². The molecule has 0 saturated heterocycles. The zero-order valence-electron chi connectivity index (χ0n) is 22.0. The first-order valence-corrected chi connectivity index (χ1v) is 13.3. The van der Waals surface area contributed by atoms with Gasteiger partial charge in [0.1, 0.15) is 0 Å². The van der Waals surface area contributed by atoms with Gasteiger partial charge in [0, 0.05) is 23.1 Å². The Morgan fingerprint density at radius 2 is 1.62 bits per heavy atom. The lowest BCUT2D eigenvalue weighted by Crippen LogP contribution is -2.66. The molecule has 2 amide bonds. The van der Waals surface area contributed by atoms with E-state index in [1.165, 1.54) is 23.5 Å². The summed E-state index contributed by atoms with van der Waals surface area (Å²) in [6.07, 6.45) is -3.69. The molecule has 1 heterocycles. The quantitative estimate of drug-likeness (QED) is 0.421. The minimum Gasteiger partial charge on any atom is -0.331 e. The Kier molecular flexibility index (Phi) is 6.31. The minimum absolute atomic E-state index is 0.0433. The second kappa shape index (κ2) is 8.86. The fourth-order valence-corrected chi connectivity index (χ4v) is 8.06. The standard InChI is InChI=1S/C29H32F6N2O2/c1-16-4-6-17(7-5-16)27(28(30,31)32,29(33,34)35)37-24(39)21-10-9-19-18-8-11-22-26(3,15-13-23(38)36-22)20(18)12-14-25(19,21)2/h4-7,11,13,15,18-21H,8-10,12,14H2,1-3H3,(H,36,38)(H,37,39)/t18?,19?,20?,21-,25+,26-/m1/s1. The van der Waals surface area contributed by atoms with E-state index in [9.17, 15) is 35.9 Å². The number of allylic oxidation sites excluding steroid dienone is 2. The van der Waals surface area contributed by atoms with E-state index in [1.54, 1.807) is 6.92 Å². The summed E-state index contributed by atoms with van der Waals surface area (Å²) in [7, 11) is 0. The van der Waals surface area contributed by atoms with Gasteiger partial charge in [-0.25, -0.2) is 0 Å². The number of halogens is 6. The highest BCUT2D eigenvalue weighted by Crippen LogP contribution is 2.65. The van der Waals surface area contributed by atoms with E-state index < -0.39 is 46.1 Å². The number of amides is 2. The van der Waals surface area contributed by atoms with Crippen LogP contribution in [0.25, 0.3) is 0 Å². The van der Waals surface area contributed by atoms with Gasteiger partial charge in [0.05, 0.1) is 0 Å². The maximum absolute atomic E-state index is 14.4. The van der Waals surface area contributed by atoms with Crippen molar-refractivity contribution in [2.24, 2.45) is 34.5 Å². The molecule has 2 N–H and O–H groups in total. The fraction of sp³-hybridized carbons (Fsp3) is 0.586. The Hall–Kier alpha value is -2.78. The number of aryl methyl sites for hydroxylation is 1. The van der Waals surface area contributed by atoms with Gasteiger partial charge in [-0.1, -0.05) is 55.8 Å². The number of carbonyl (C=O) groups excluding carboxylic acids is 2. The average Bonchev–Trinajstić information content (AvgIpc) is 3.19. The van der Waals surface area contributed by atoms with E-state index in [-0.39, 0.29) is 30.1 Å². The van der Waals surface area contributed by atoms with E-state index in [0.717, 1.165) is 17.8 Å². The van der Waals surface area contributed by atoms with Gasteiger partial charge in [0.2, 0.25) is 11.8 Å². The van der Waals surface area contributed by atoms with Crippen molar-refractivity contribution in [3.8, 4) is 0 Å². The summed E-state index contributed by atoms with van der Waals surface area (Å²) in [5.41, 5.74) is -5.40. The van der Waals surface area contributed by atoms with Crippen LogP contribution in [-0.4, -0.2) is 24.2 Å². The fourth-order valence-electron chi connectivity index (χ4n) is 8.06. The molecule has 5 rings (SSSR count). The number of hydrogen-bond donors (Lipinski definition) is 2. The molecule has 2 saturated carbocycles. The van der Waals surface area contributed by atoms with Crippen LogP contribution < -0.4 is 10.6 Å². The van der Waals surface area contributed by atoms with E-state index in [4.69, 9.17) is 0 Å². The largest absolute Gasteiger partial charge is 0.424 e. The molecule has 3 aliphatic carbocycles. The molecule has 39 heavy (non-hydrogen) atoms. The van der Waals surface area contributed by atoms with Crippen LogP contribution in [0.5, 0.6) is 0 Å². The van der Waals surface area contributed by atoms with Gasteiger partial charge in [-0.3, -0.25) is 9.59 Å². The first-order valence-electron chi connectivity index (χ1n) is 13.3. The summed E-state index contributed by atoms with van der Waals surface area (Å²) in [5.74, 6) is -2.19. The molecule has 6 atom stereocenters. The third-order valence-corrected chi connectivity index (χ3v) is 10.2. The highest BCUT2D eigenvalue weighted by atomic mass is 19.4. The minimum atomic E-state index is -5.82. The van der Waals surface area contributed by atoms with Gasteiger partial charge < -0.3 is 10.6 Å². The Bertz CT molecular complexity index is 1220. The number of carbonyl (C=O) groups is 2. The van der Waals surface area contributed by atoms with Crippen molar-refractivity contribution in [2.45, 2.75) is 70.8 Å². The van der Waals surface area contributed by atoms with Crippen molar-refractivity contribution in [3.05, 3.63) is 59.3 Å². The van der Waals surface area contributed by atoms with Gasteiger partial charge in [0.25, 0.3) is 5.54 Å². The van der Waals surface area contributed by atoms with Gasteiger partial charge in [0.15, 0.2) is 0 Å². The molecule has 1 aromatic rings. The lowest BCUT2D eigenvalue weighted by Gasteiger charge is -2.56. The topological polar surface area (TPSA) is 58.2 Å². The van der Waals surface area contributed by atoms with Crippen molar-refractivity contribution < 1.29 is 35.9 Å². The molecule has 2 fully saturated rings. The number of alkyl halides is 6. The summed E-state index contributed by atoms with van der Waals surface area (Å²) >= 11 is 0. The first-order chi connectivity index (χ1) is 18.0. The Morgan fingerprint density at radius 3 is 2.23 bits per heavy atom. The van der Waals surface area contributed by atoms with Crippen LogP contribution in [0.3, 0.4) is 0 Å². The second-order valence-corrected chi connectivity index (χ2v) is 12.1. The normalized spacial score (nSPS) is 34.4. The zero-order valence-corrected chi connectivity index (χ0v) is 22.0. The molecule has 1 aromatic carbocycles. The van der Waals surface area contributed by atoms with Crippen LogP contribution in [0.1, 0.15) is 57.1 Å². The number of hydrogen-bond acceptors (Lipinski definition) is 2. The molecule has 4 aliphatic rings. The zero-order chi connectivity index (χ0) is 28.6. The summed E-state index contributed by atoms with van der Waals surface area (Å²) in [4.78, 5) is 25.5. The summed E-state index contributed by atoms with van der Waals surface area (Å²) in [5, 5.41) is 4.44. The van der Waals surface area contributed by atoms with Crippen LogP contribution in [-0.2, 0) is 15.1 Å². The monoisotopic (exact) mass is 554 g/mol. The van der Waals surface area contributed by atoms with Gasteiger partial charge in [-0.15, -0.1) is 0 Å². The molecule has 1 aliphatic heterocycles. The molecule has 0 aromatic heterocycles. The van der Waals surface area contributed by atoms with Crippen molar-refractivity contribution >= 4 is 11.8 Å².